The van der Waals surface area contributed by atoms with Crippen molar-refractivity contribution in [2.75, 3.05) is 13.2 Å². The minimum atomic E-state index is -0.0732. The van der Waals surface area contributed by atoms with Crippen LogP contribution in [-0.4, -0.2) is 30.3 Å². The molecule has 1 aliphatic rings. The maximum absolute atomic E-state index is 12.6. The van der Waals surface area contributed by atoms with Gasteiger partial charge in [0, 0.05) is 18.2 Å². The first kappa shape index (κ1) is 17.8. The summed E-state index contributed by atoms with van der Waals surface area (Å²) in [6.07, 6.45) is 7.59. The molecule has 128 valence electrons. The van der Waals surface area contributed by atoms with Gasteiger partial charge in [0.25, 0.3) is 5.91 Å². The molecule has 0 bridgehead atoms. The number of carbonyl (C=O) groups excluding carboxylic acids is 1. The molecule has 2 N–H and O–H groups in total. The lowest BCUT2D eigenvalue weighted by Crippen LogP contribution is -2.41. The Balaban J connectivity index is 1.99. The first-order valence-electron chi connectivity index (χ1n) is 8.89. The lowest BCUT2D eigenvalue weighted by Gasteiger charge is -2.30. The standard InChI is InChI=1S/C19H29NO3/c1-2-13-23-17-10-6-9-16(14-17)19(22)20-18(11-12-21)15-7-4-3-5-8-15/h6,9-10,14-15,18,21H,2-5,7-8,11-13H2,1H3,(H,20,22)/t18-/m1/s1. The van der Waals surface area contributed by atoms with Gasteiger partial charge < -0.3 is 15.2 Å². The highest BCUT2D eigenvalue weighted by molar-refractivity contribution is 5.94. The molecule has 1 fully saturated rings. The zero-order chi connectivity index (χ0) is 16.5. The summed E-state index contributed by atoms with van der Waals surface area (Å²) < 4.78 is 5.59. The fraction of sp³-hybridized carbons (Fsp3) is 0.632. The van der Waals surface area contributed by atoms with Crippen LogP contribution in [0, 0.1) is 5.92 Å². The van der Waals surface area contributed by atoms with Gasteiger partial charge in [0.2, 0.25) is 0 Å². The van der Waals surface area contributed by atoms with Gasteiger partial charge in [-0.05, 0) is 49.8 Å². The van der Waals surface area contributed by atoms with Crippen LogP contribution in [0.15, 0.2) is 24.3 Å². The third-order valence-electron chi connectivity index (χ3n) is 4.54. The summed E-state index contributed by atoms with van der Waals surface area (Å²) in [5, 5.41) is 12.5. The van der Waals surface area contributed by atoms with E-state index in [1.807, 2.05) is 18.2 Å². The van der Waals surface area contributed by atoms with E-state index in [0.29, 0.717) is 24.5 Å². The number of nitrogens with one attached hydrogen (secondary N) is 1. The summed E-state index contributed by atoms with van der Waals surface area (Å²) in [5.41, 5.74) is 0.623. The van der Waals surface area contributed by atoms with Gasteiger partial charge in [-0.3, -0.25) is 4.79 Å². The van der Waals surface area contributed by atoms with Crippen LogP contribution in [0.2, 0.25) is 0 Å². The predicted octanol–water partition coefficient (Wildman–Crippen LogP) is 3.54. The second-order valence-electron chi connectivity index (χ2n) is 6.37. The minimum absolute atomic E-state index is 0.0630. The third-order valence-corrected chi connectivity index (χ3v) is 4.54. The molecule has 4 heteroatoms. The number of carbonyl (C=O) groups is 1. The maximum atomic E-state index is 12.6. The third kappa shape index (κ3) is 5.54. The first-order valence-corrected chi connectivity index (χ1v) is 8.89. The Kier molecular flexibility index (Phi) is 7.40. The molecule has 4 nitrogen and oxygen atoms in total. The number of aliphatic hydroxyl groups excluding tert-OH is 1. The van der Waals surface area contributed by atoms with Crippen molar-refractivity contribution in [3.8, 4) is 5.75 Å². The lowest BCUT2D eigenvalue weighted by atomic mass is 9.82. The summed E-state index contributed by atoms with van der Waals surface area (Å²) in [4.78, 5) is 12.6. The maximum Gasteiger partial charge on any atom is 0.251 e. The average molecular weight is 319 g/mol. The first-order chi connectivity index (χ1) is 11.2. The van der Waals surface area contributed by atoms with Crippen molar-refractivity contribution in [3.05, 3.63) is 29.8 Å². The molecule has 23 heavy (non-hydrogen) atoms. The molecule has 1 atom stereocenters. The number of hydrogen-bond donors (Lipinski definition) is 2. The van der Waals surface area contributed by atoms with Crippen LogP contribution in [-0.2, 0) is 0 Å². The molecular weight excluding hydrogens is 290 g/mol. The van der Waals surface area contributed by atoms with Crippen LogP contribution in [0.1, 0.15) is 62.2 Å². The highest BCUT2D eigenvalue weighted by Gasteiger charge is 2.25. The zero-order valence-corrected chi connectivity index (χ0v) is 14.1. The Labute approximate surface area is 139 Å². The van der Waals surface area contributed by atoms with E-state index >= 15 is 0 Å². The van der Waals surface area contributed by atoms with Gasteiger partial charge in [-0.2, -0.15) is 0 Å². The van der Waals surface area contributed by atoms with Crippen LogP contribution >= 0.6 is 0 Å². The Hall–Kier alpha value is -1.55. The molecule has 1 aliphatic carbocycles. The van der Waals surface area contributed by atoms with Crippen LogP contribution in [0.4, 0.5) is 0 Å². The van der Waals surface area contributed by atoms with E-state index in [0.717, 1.165) is 25.0 Å². The number of rotatable bonds is 8. The summed E-state index contributed by atoms with van der Waals surface area (Å²) in [7, 11) is 0. The van der Waals surface area contributed by atoms with Crippen LogP contribution in [0.5, 0.6) is 5.75 Å². The van der Waals surface area contributed by atoms with E-state index in [2.05, 4.69) is 12.2 Å². The summed E-state index contributed by atoms with van der Waals surface area (Å²) in [6.45, 7) is 2.82. The number of amides is 1. The van der Waals surface area contributed by atoms with E-state index in [-0.39, 0.29) is 18.6 Å². The number of hydrogen-bond acceptors (Lipinski definition) is 3. The van der Waals surface area contributed by atoms with Crippen molar-refractivity contribution in [1.82, 2.24) is 5.32 Å². The molecule has 1 aromatic carbocycles. The highest BCUT2D eigenvalue weighted by Crippen LogP contribution is 2.28. The zero-order valence-electron chi connectivity index (χ0n) is 14.1. The van der Waals surface area contributed by atoms with Gasteiger partial charge in [0.1, 0.15) is 5.75 Å². The van der Waals surface area contributed by atoms with Crippen molar-refractivity contribution in [3.63, 3.8) is 0 Å². The smallest absolute Gasteiger partial charge is 0.251 e. The molecule has 0 radical (unpaired) electrons. The molecule has 1 amide bonds. The Morgan fingerprint density at radius 3 is 2.83 bits per heavy atom. The fourth-order valence-corrected chi connectivity index (χ4v) is 3.30. The summed E-state index contributed by atoms with van der Waals surface area (Å²) in [6, 6.07) is 7.39. The quantitative estimate of drug-likeness (QED) is 0.770. The molecule has 0 saturated heterocycles. The minimum Gasteiger partial charge on any atom is -0.494 e. The monoisotopic (exact) mass is 319 g/mol. The summed E-state index contributed by atoms with van der Waals surface area (Å²) in [5.74, 6) is 1.14. The molecule has 0 aromatic heterocycles. The number of benzene rings is 1. The SMILES string of the molecule is CCCOc1cccc(C(=O)N[C@H](CCO)C2CCCCC2)c1. The lowest BCUT2D eigenvalue weighted by molar-refractivity contribution is 0.0899. The van der Waals surface area contributed by atoms with Gasteiger partial charge in [0.15, 0.2) is 0 Å². The fourth-order valence-electron chi connectivity index (χ4n) is 3.30. The number of aliphatic hydroxyl groups is 1. The number of ether oxygens (including phenoxy) is 1. The van der Waals surface area contributed by atoms with E-state index < -0.39 is 0 Å². The Morgan fingerprint density at radius 2 is 2.13 bits per heavy atom. The normalized spacial score (nSPS) is 16.8. The molecule has 0 spiro atoms. The average Bonchev–Trinajstić information content (AvgIpc) is 2.60. The molecule has 0 aliphatic heterocycles. The van der Waals surface area contributed by atoms with Crippen molar-refractivity contribution in [1.29, 1.82) is 0 Å². The van der Waals surface area contributed by atoms with Crippen LogP contribution in [0.25, 0.3) is 0 Å². The van der Waals surface area contributed by atoms with Crippen LogP contribution < -0.4 is 10.1 Å². The van der Waals surface area contributed by atoms with Gasteiger partial charge in [0.05, 0.1) is 6.61 Å². The molecule has 1 aromatic rings. The van der Waals surface area contributed by atoms with E-state index in [1.165, 1.54) is 19.3 Å². The molecule has 0 unspecified atom stereocenters. The largest absolute Gasteiger partial charge is 0.494 e. The summed E-state index contributed by atoms with van der Waals surface area (Å²) >= 11 is 0. The van der Waals surface area contributed by atoms with E-state index in [1.54, 1.807) is 6.07 Å². The van der Waals surface area contributed by atoms with Gasteiger partial charge in [-0.25, -0.2) is 0 Å². The van der Waals surface area contributed by atoms with Gasteiger partial charge >= 0.3 is 0 Å². The van der Waals surface area contributed by atoms with E-state index in [4.69, 9.17) is 4.74 Å². The second-order valence-corrected chi connectivity index (χ2v) is 6.37. The molecular formula is C19H29NO3. The van der Waals surface area contributed by atoms with Gasteiger partial charge in [-0.1, -0.05) is 32.3 Å². The Morgan fingerprint density at radius 1 is 1.35 bits per heavy atom. The predicted molar refractivity (Wildman–Crippen MR) is 91.8 cm³/mol. The van der Waals surface area contributed by atoms with Crippen molar-refractivity contribution >= 4 is 5.91 Å². The highest BCUT2D eigenvalue weighted by atomic mass is 16.5. The van der Waals surface area contributed by atoms with Gasteiger partial charge in [-0.15, -0.1) is 0 Å². The molecule has 2 rings (SSSR count). The van der Waals surface area contributed by atoms with Crippen LogP contribution in [0.3, 0.4) is 0 Å². The van der Waals surface area contributed by atoms with Crippen molar-refractivity contribution < 1.29 is 14.6 Å². The second kappa shape index (κ2) is 9.56. The van der Waals surface area contributed by atoms with Crippen molar-refractivity contribution in [2.45, 2.75) is 57.9 Å². The molecule has 1 saturated carbocycles. The Bertz CT molecular complexity index is 483. The van der Waals surface area contributed by atoms with E-state index in [9.17, 15) is 9.90 Å². The van der Waals surface area contributed by atoms with Crippen molar-refractivity contribution in [2.24, 2.45) is 5.92 Å². The molecule has 0 heterocycles. The topological polar surface area (TPSA) is 58.6 Å².